The molecule has 4 saturated carbocycles. The van der Waals surface area contributed by atoms with Crippen molar-refractivity contribution >= 4 is 23.5 Å². The summed E-state index contributed by atoms with van der Waals surface area (Å²) in [6.07, 6.45) is 7.08. The minimum atomic E-state index is -0.599. The molecule has 4 amide bonds. The summed E-state index contributed by atoms with van der Waals surface area (Å²) in [6.45, 7) is 3.51. The Morgan fingerprint density at radius 1 is 1.03 bits per heavy atom. The molecule has 1 heterocycles. The molecule has 1 aromatic carbocycles. The molecule has 5 fully saturated rings. The minimum Gasteiger partial charge on any atom is -0.349 e. The van der Waals surface area contributed by atoms with Gasteiger partial charge in [-0.25, -0.2) is 4.79 Å². The van der Waals surface area contributed by atoms with Gasteiger partial charge in [-0.3, -0.25) is 19.4 Å². The van der Waals surface area contributed by atoms with E-state index in [1.54, 1.807) is 6.92 Å². The van der Waals surface area contributed by atoms with Gasteiger partial charge in [0.25, 0.3) is 5.91 Å². The van der Waals surface area contributed by atoms with E-state index in [2.05, 4.69) is 5.32 Å². The van der Waals surface area contributed by atoms with Crippen molar-refractivity contribution in [1.82, 2.24) is 10.2 Å². The van der Waals surface area contributed by atoms with E-state index in [1.807, 2.05) is 31.2 Å². The predicted octanol–water partition coefficient (Wildman–Crippen LogP) is 3.24. The summed E-state index contributed by atoms with van der Waals surface area (Å²) in [6, 6.07) is 6.51. The number of hydrogen-bond donors (Lipinski definition) is 1. The second kappa shape index (κ2) is 6.57. The number of nitrogens with zero attached hydrogens (tertiary/aromatic N) is 2. The van der Waals surface area contributed by atoms with Crippen LogP contribution in [0.15, 0.2) is 24.3 Å². The molecule has 1 aromatic rings. The third kappa shape index (κ3) is 3.13. The molecular formula is C23H29N3O3. The number of imide groups is 1. The fourth-order valence-electron chi connectivity index (χ4n) is 6.65. The lowest BCUT2D eigenvalue weighted by atomic mass is 9.53. The van der Waals surface area contributed by atoms with Crippen LogP contribution in [0, 0.1) is 24.7 Å². The summed E-state index contributed by atoms with van der Waals surface area (Å²) in [5.41, 5.74) is 1.66. The van der Waals surface area contributed by atoms with Crippen LogP contribution in [0.1, 0.15) is 51.0 Å². The second-order valence-corrected chi connectivity index (χ2v) is 9.83. The molecule has 29 heavy (non-hydrogen) atoms. The first kappa shape index (κ1) is 18.6. The average molecular weight is 396 g/mol. The van der Waals surface area contributed by atoms with Gasteiger partial charge in [-0.2, -0.15) is 0 Å². The van der Waals surface area contributed by atoms with Crippen LogP contribution in [-0.4, -0.2) is 40.9 Å². The van der Waals surface area contributed by atoms with E-state index in [1.165, 1.54) is 24.2 Å². The first-order chi connectivity index (χ1) is 13.8. The summed E-state index contributed by atoms with van der Waals surface area (Å²) < 4.78 is 0. The van der Waals surface area contributed by atoms with Gasteiger partial charge in [0.15, 0.2) is 0 Å². The predicted molar refractivity (Wildman–Crippen MR) is 109 cm³/mol. The lowest BCUT2D eigenvalue weighted by molar-refractivity contribution is -0.134. The van der Waals surface area contributed by atoms with Gasteiger partial charge in [0, 0.05) is 11.2 Å². The topological polar surface area (TPSA) is 69.7 Å². The number of anilines is 1. The standard InChI is InChI=1S/C23H29N3O3/c1-14-3-5-19(6-4-14)26-15(2)21(28)25(22(26)29)13-20(27)24-23-10-16-7-17(11-23)9-18(8-16)12-23/h3-6,15-18H,7-13H2,1-2H3,(H,24,27)/t15-,16?,17?,18?,23?/m1/s1. The van der Waals surface area contributed by atoms with Crippen molar-refractivity contribution in [2.24, 2.45) is 17.8 Å². The zero-order chi connectivity index (χ0) is 20.3. The molecule has 6 heteroatoms. The van der Waals surface area contributed by atoms with E-state index in [-0.39, 0.29) is 23.9 Å². The monoisotopic (exact) mass is 395 g/mol. The number of rotatable bonds is 4. The fourth-order valence-corrected chi connectivity index (χ4v) is 6.65. The number of carbonyl (C=O) groups is 3. The van der Waals surface area contributed by atoms with Crippen molar-refractivity contribution in [3.63, 3.8) is 0 Å². The summed E-state index contributed by atoms with van der Waals surface area (Å²) in [5, 5.41) is 3.27. The van der Waals surface area contributed by atoms with Crippen molar-refractivity contribution in [3.8, 4) is 0 Å². The van der Waals surface area contributed by atoms with Gasteiger partial charge < -0.3 is 5.32 Å². The molecular weight excluding hydrogens is 366 g/mol. The zero-order valence-corrected chi connectivity index (χ0v) is 17.2. The number of carbonyl (C=O) groups excluding carboxylic acids is 3. The summed E-state index contributed by atoms with van der Waals surface area (Å²) in [7, 11) is 0. The van der Waals surface area contributed by atoms with Gasteiger partial charge in [-0.15, -0.1) is 0 Å². The van der Waals surface area contributed by atoms with E-state index >= 15 is 0 Å². The lowest BCUT2D eigenvalue weighted by Gasteiger charge is -2.56. The molecule has 0 unspecified atom stereocenters. The number of amides is 4. The van der Waals surface area contributed by atoms with E-state index in [0.29, 0.717) is 5.69 Å². The van der Waals surface area contributed by atoms with Gasteiger partial charge in [-0.05, 0) is 82.3 Å². The molecule has 0 spiro atoms. The van der Waals surface area contributed by atoms with Gasteiger partial charge in [0.2, 0.25) is 5.91 Å². The van der Waals surface area contributed by atoms with Crippen LogP contribution in [0.3, 0.4) is 0 Å². The van der Waals surface area contributed by atoms with Crippen molar-refractivity contribution < 1.29 is 14.4 Å². The van der Waals surface area contributed by atoms with Crippen LogP contribution < -0.4 is 10.2 Å². The molecule has 0 radical (unpaired) electrons. The van der Waals surface area contributed by atoms with E-state index in [0.717, 1.165) is 47.5 Å². The highest BCUT2D eigenvalue weighted by molar-refractivity contribution is 6.15. The second-order valence-electron chi connectivity index (χ2n) is 9.83. The van der Waals surface area contributed by atoms with Gasteiger partial charge in [-0.1, -0.05) is 17.7 Å². The Bertz CT molecular complexity index is 827. The van der Waals surface area contributed by atoms with Gasteiger partial charge >= 0.3 is 6.03 Å². The Hall–Kier alpha value is -2.37. The molecule has 1 aliphatic heterocycles. The Labute approximate surface area is 171 Å². The molecule has 1 saturated heterocycles. The maximum atomic E-state index is 13.0. The van der Waals surface area contributed by atoms with Crippen molar-refractivity contribution in [2.75, 3.05) is 11.4 Å². The summed E-state index contributed by atoms with van der Waals surface area (Å²) in [5.74, 6) is 1.68. The zero-order valence-electron chi connectivity index (χ0n) is 17.2. The first-order valence-corrected chi connectivity index (χ1v) is 10.9. The highest BCUT2D eigenvalue weighted by atomic mass is 16.2. The van der Waals surface area contributed by atoms with Crippen LogP contribution in [0.2, 0.25) is 0 Å². The third-order valence-electron chi connectivity index (χ3n) is 7.50. The third-order valence-corrected chi connectivity index (χ3v) is 7.50. The molecule has 4 aliphatic carbocycles. The number of nitrogens with one attached hydrogen (secondary N) is 1. The molecule has 0 aromatic heterocycles. The van der Waals surface area contributed by atoms with Crippen molar-refractivity contribution in [1.29, 1.82) is 0 Å². The Kier molecular flexibility index (Phi) is 4.23. The maximum Gasteiger partial charge on any atom is 0.332 e. The first-order valence-electron chi connectivity index (χ1n) is 10.9. The fraction of sp³-hybridized carbons (Fsp3) is 0.609. The minimum absolute atomic E-state index is 0.111. The van der Waals surface area contributed by atoms with Crippen LogP contribution in [0.25, 0.3) is 0 Å². The number of aryl methyl sites for hydroxylation is 1. The quantitative estimate of drug-likeness (QED) is 0.796. The van der Waals surface area contributed by atoms with Crippen LogP contribution in [0.4, 0.5) is 10.5 Å². The largest absolute Gasteiger partial charge is 0.349 e. The van der Waals surface area contributed by atoms with Crippen LogP contribution >= 0.6 is 0 Å². The molecule has 154 valence electrons. The smallest absolute Gasteiger partial charge is 0.332 e. The van der Waals surface area contributed by atoms with Crippen molar-refractivity contribution in [3.05, 3.63) is 29.8 Å². The number of urea groups is 1. The Morgan fingerprint density at radius 2 is 1.59 bits per heavy atom. The molecule has 5 aliphatic rings. The van der Waals surface area contributed by atoms with Crippen LogP contribution in [-0.2, 0) is 9.59 Å². The van der Waals surface area contributed by atoms with Gasteiger partial charge in [0.1, 0.15) is 12.6 Å². The maximum absolute atomic E-state index is 13.0. The lowest BCUT2D eigenvalue weighted by Crippen LogP contribution is -2.61. The molecule has 1 N–H and O–H groups in total. The highest BCUT2D eigenvalue weighted by Crippen LogP contribution is 2.55. The normalized spacial score (nSPS) is 35.5. The molecule has 6 nitrogen and oxygen atoms in total. The summed E-state index contributed by atoms with van der Waals surface area (Å²) in [4.78, 5) is 41.2. The van der Waals surface area contributed by atoms with Crippen LogP contribution in [0.5, 0.6) is 0 Å². The average Bonchev–Trinajstić information content (AvgIpc) is 2.84. The van der Waals surface area contributed by atoms with E-state index < -0.39 is 12.1 Å². The van der Waals surface area contributed by atoms with Gasteiger partial charge in [0.05, 0.1) is 0 Å². The van der Waals surface area contributed by atoms with E-state index in [4.69, 9.17) is 0 Å². The molecule has 4 bridgehead atoms. The number of hydrogen-bond acceptors (Lipinski definition) is 3. The number of benzene rings is 1. The molecule has 1 atom stereocenters. The van der Waals surface area contributed by atoms with E-state index in [9.17, 15) is 14.4 Å². The van der Waals surface area contributed by atoms with Crippen molar-refractivity contribution in [2.45, 2.75) is 64.0 Å². The molecule has 6 rings (SSSR count). The highest BCUT2D eigenvalue weighted by Gasteiger charge is 2.52. The Balaban J connectivity index is 1.29. The Morgan fingerprint density at radius 3 is 2.14 bits per heavy atom. The SMILES string of the molecule is Cc1ccc(N2C(=O)N(CC(=O)NC34CC5CC(CC(C5)C3)C4)C(=O)[C@H]2C)cc1. The summed E-state index contributed by atoms with van der Waals surface area (Å²) >= 11 is 0.